The lowest BCUT2D eigenvalue weighted by Crippen LogP contribution is -2.14. The van der Waals surface area contributed by atoms with Crippen molar-refractivity contribution < 1.29 is 22.4 Å². The largest absolute Gasteiger partial charge is 0.411 e. The van der Waals surface area contributed by atoms with Crippen LogP contribution in [0.25, 0.3) is 11.5 Å². The van der Waals surface area contributed by atoms with Crippen molar-refractivity contribution in [3.8, 4) is 11.5 Å². The lowest BCUT2D eigenvalue weighted by molar-refractivity contribution is -0.116. The number of anilines is 3. The molecule has 0 bridgehead atoms. The molecule has 2 amide bonds. The predicted octanol–water partition coefficient (Wildman–Crippen LogP) is 3.19. The molecule has 0 atom stereocenters. The fourth-order valence-electron chi connectivity index (χ4n) is 2.49. The lowest BCUT2D eigenvalue weighted by atomic mass is 10.2. The number of thioether (sulfide) groups is 1. The molecule has 0 saturated heterocycles. The van der Waals surface area contributed by atoms with E-state index >= 15 is 0 Å². The maximum Gasteiger partial charge on any atom is 0.277 e. The van der Waals surface area contributed by atoms with E-state index in [2.05, 4.69) is 25.6 Å². The van der Waals surface area contributed by atoms with Gasteiger partial charge in [0.05, 0.1) is 12.0 Å². The normalized spacial score (nSPS) is 11.1. The Hall–Kier alpha value is -3.38. The van der Waals surface area contributed by atoms with Gasteiger partial charge in [-0.05, 0) is 48.5 Å². The van der Waals surface area contributed by atoms with Crippen LogP contribution in [0, 0.1) is 0 Å². The molecule has 10 nitrogen and oxygen atoms in total. The number of nitrogens with zero attached hydrogens (tertiary/aromatic N) is 2. The van der Waals surface area contributed by atoms with E-state index in [1.54, 1.807) is 55.5 Å². The summed E-state index contributed by atoms with van der Waals surface area (Å²) in [6.07, 6.45) is 1.46. The number of hydrogen-bond acceptors (Lipinski definition) is 8. The average Bonchev–Trinajstić information content (AvgIpc) is 3.22. The Morgan fingerprint density at radius 3 is 2.03 bits per heavy atom. The molecule has 2 aromatic carbocycles. The third-order valence-corrected chi connectivity index (χ3v) is 5.37. The Balaban J connectivity index is 1.51. The van der Waals surface area contributed by atoms with E-state index in [1.165, 1.54) is 0 Å². The Labute approximate surface area is 189 Å². The number of aromatic nitrogens is 2. The molecule has 1 aromatic heterocycles. The minimum atomic E-state index is -3.36. The molecule has 0 radical (unpaired) electrons. The van der Waals surface area contributed by atoms with Crippen molar-refractivity contribution in [1.29, 1.82) is 0 Å². The molecule has 1 heterocycles. The van der Waals surface area contributed by atoms with Gasteiger partial charge < -0.3 is 15.1 Å². The molecule has 0 aliphatic rings. The Kier molecular flexibility index (Phi) is 7.49. The van der Waals surface area contributed by atoms with Gasteiger partial charge in [-0.15, -0.1) is 10.2 Å². The van der Waals surface area contributed by atoms with Gasteiger partial charge in [-0.1, -0.05) is 18.7 Å². The monoisotopic (exact) mass is 475 g/mol. The quantitative estimate of drug-likeness (QED) is 0.400. The van der Waals surface area contributed by atoms with E-state index in [0.717, 1.165) is 18.0 Å². The summed E-state index contributed by atoms with van der Waals surface area (Å²) in [6, 6.07) is 13.3. The van der Waals surface area contributed by atoms with Crippen LogP contribution >= 0.6 is 11.8 Å². The first kappa shape index (κ1) is 23.3. The van der Waals surface area contributed by atoms with Gasteiger partial charge in [0, 0.05) is 29.0 Å². The third-order valence-electron chi connectivity index (χ3n) is 3.94. The SMILES string of the molecule is CCC(=O)Nc1ccc(NC(=O)CSc2nnc(-c3ccc(NS(C)(=O)=O)cc3)o2)cc1. The number of rotatable bonds is 9. The van der Waals surface area contributed by atoms with Crippen molar-refractivity contribution in [2.24, 2.45) is 0 Å². The lowest BCUT2D eigenvalue weighted by Gasteiger charge is -2.06. The molecule has 3 N–H and O–H groups in total. The molecule has 12 heteroatoms. The molecule has 0 fully saturated rings. The molecule has 3 rings (SSSR count). The Bertz CT molecular complexity index is 1190. The van der Waals surface area contributed by atoms with Crippen molar-refractivity contribution >= 4 is 50.7 Å². The van der Waals surface area contributed by atoms with Gasteiger partial charge >= 0.3 is 0 Å². The number of carbonyl (C=O) groups excluding carboxylic acids is 2. The summed E-state index contributed by atoms with van der Waals surface area (Å²) in [7, 11) is -3.36. The fourth-order valence-corrected chi connectivity index (χ4v) is 3.62. The highest BCUT2D eigenvalue weighted by Crippen LogP contribution is 2.25. The summed E-state index contributed by atoms with van der Waals surface area (Å²) in [5.74, 6) is -0.0221. The third kappa shape index (κ3) is 7.10. The molecule has 3 aromatic rings. The van der Waals surface area contributed by atoms with Gasteiger partial charge in [-0.3, -0.25) is 14.3 Å². The van der Waals surface area contributed by atoms with Crippen LogP contribution in [0.2, 0.25) is 0 Å². The van der Waals surface area contributed by atoms with E-state index in [0.29, 0.717) is 29.0 Å². The predicted molar refractivity (Wildman–Crippen MR) is 123 cm³/mol. The van der Waals surface area contributed by atoms with Gasteiger partial charge in [0.1, 0.15) is 0 Å². The van der Waals surface area contributed by atoms with Crippen molar-refractivity contribution in [3.63, 3.8) is 0 Å². The number of carbonyl (C=O) groups is 2. The first-order valence-electron chi connectivity index (χ1n) is 9.46. The summed E-state index contributed by atoms with van der Waals surface area (Å²) in [5, 5.41) is 13.6. The average molecular weight is 476 g/mol. The second-order valence-electron chi connectivity index (χ2n) is 6.64. The minimum absolute atomic E-state index is 0.0627. The molecule has 32 heavy (non-hydrogen) atoms. The van der Waals surface area contributed by atoms with Crippen molar-refractivity contribution in [2.45, 2.75) is 18.6 Å². The molecule has 0 aliphatic carbocycles. The van der Waals surface area contributed by atoms with Crippen molar-refractivity contribution in [1.82, 2.24) is 10.2 Å². The number of amides is 2. The number of sulfonamides is 1. The molecular weight excluding hydrogens is 454 g/mol. The van der Waals surface area contributed by atoms with Gasteiger partial charge in [-0.25, -0.2) is 8.42 Å². The molecule has 0 saturated carbocycles. The van der Waals surface area contributed by atoms with Crippen LogP contribution in [0.15, 0.2) is 58.2 Å². The van der Waals surface area contributed by atoms with Crippen LogP contribution in [0.5, 0.6) is 0 Å². The summed E-state index contributed by atoms with van der Waals surface area (Å²) in [4.78, 5) is 23.6. The van der Waals surface area contributed by atoms with Crippen LogP contribution in [0.4, 0.5) is 17.1 Å². The molecular formula is C20H21N5O5S2. The van der Waals surface area contributed by atoms with E-state index in [1.807, 2.05) is 0 Å². The standard InChI is InChI=1S/C20H21N5O5S2/c1-3-17(26)21-14-8-10-15(11-9-14)22-18(27)12-31-20-24-23-19(30-20)13-4-6-16(7-5-13)25-32(2,28)29/h4-11,25H,3,12H2,1-2H3,(H,21,26)(H,22,27). The zero-order valence-corrected chi connectivity index (χ0v) is 18.9. The number of nitrogens with one attached hydrogen (secondary N) is 3. The highest BCUT2D eigenvalue weighted by molar-refractivity contribution is 7.99. The summed E-state index contributed by atoms with van der Waals surface area (Å²) in [6.45, 7) is 1.77. The maximum atomic E-state index is 12.2. The first-order chi connectivity index (χ1) is 15.2. The smallest absolute Gasteiger partial charge is 0.277 e. The zero-order valence-electron chi connectivity index (χ0n) is 17.3. The van der Waals surface area contributed by atoms with Crippen LogP contribution < -0.4 is 15.4 Å². The van der Waals surface area contributed by atoms with Gasteiger partial charge in [-0.2, -0.15) is 0 Å². The highest BCUT2D eigenvalue weighted by Gasteiger charge is 2.12. The second-order valence-corrected chi connectivity index (χ2v) is 9.32. The van der Waals surface area contributed by atoms with E-state index in [-0.39, 0.29) is 28.7 Å². The fraction of sp³-hybridized carbons (Fsp3) is 0.200. The summed E-state index contributed by atoms with van der Waals surface area (Å²) in [5.41, 5.74) is 2.28. The Morgan fingerprint density at radius 2 is 1.47 bits per heavy atom. The summed E-state index contributed by atoms with van der Waals surface area (Å²) >= 11 is 1.09. The molecule has 168 valence electrons. The molecule has 0 aliphatic heterocycles. The van der Waals surface area contributed by atoms with E-state index < -0.39 is 10.0 Å². The van der Waals surface area contributed by atoms with Crippen LogP contribution in [-0.2, 0) is 19.6 Å². The van der Waals surface area contributed by atoms with Crippen LogP contribution in [-0.4, -0.2) is 42.4 Å². The number of hydrogen-bond donors (Lipinski definition) is 3. The number of benzene rings is 2. The molecule has 0 spiro atoms. The molecule has 0 unspecified atom stereocenters. The maximum absolute atomic E-state index is 12.2. The first-order valence-corrected chi connectivity index (χ1v) is 12.3. The van der Waals surface area contributed by atoms with Crippen LogP contribution in [0.3, 0.4) is 0 Å². The summed E-state index contributed by atoms with van der Waals surface area (Å²) < 4.78 is 30.5. The van der Waals surface area contributed by atoms with Crippen molar-refractivity contribution in [3.05, 3.63) is 48.5 Å². The minimum Gasteiger partial charge on any atom is -0.411 e. The Morgan fingerprint density at radius 1 is 0.906 bits per heavy atom. The van der Waals surface area contributed by atoms with Crippen molar-refractivity contribution in [2.75, 3.05) is 27.4 Å². The van der Waals surface area contributed by atoms with Gasteiger partial charge in [0.15, 0.2) is 0 Å². The van der Waals surface area contributed by atoms with Crippen LogP contribution in [0.1, 0.15) is 13.3 Å². The second kappa shape index (κ2) is 10.3. The zero-order chi connectivity index (χ0) is 23.1. The highest BCUT2D eigenvalue weighted by atomic mass is 32.2. The van der Waals surface area contributed by atoms with E-state index in [4.69, 9.17) is 4.42 Å². The van der Waals surface area contributed by atoms with Gasteiger partial charge in [0.2, 0.25) is 27.7 Å². The van der Waals surface area contributed by atoms with E-state index in [9.17, 15) is 18.0 Å². The van der Waals surface area contributed by atoms with Gasteiger partial charge in [0.25, 0.3) is 5.22 Å². The topological polar surface area (TPSA) is 143 Å².